The van der Waals surface area contributed by atoms with E-state index in [-0.39, 0.29) is 24.1 Å². The van der Waals surface area contributed by atoms with Crippen LogP contribution in [0.5, 0.6) is 11.5 Å². The van der Waals surface area contributed by atoms with Gasteiger partial charge in [0.2, 0.25) is 0 Å². The molecule has 0 spiro atoms. The molecule has 0 radical (unpaired) electrons. The van der Waals surface area contributed by atoms with Gasteiger partial charge in [-0.25, -0.2) is 0 Å². The predicted octanol–water partition coefficient (Wildman–Crippen LogP) is 0.720. The highest BCUT2D eigenvalue weighted by Gasteiger charge is 2.09. The summed E-state index contributed by atoms with van der Waals surface area (Å²) in [6.07, 6.45) is 3.33. The molecule has 108 valence electrons. The van der Waals surface area contributed by atoms with Crippen molar-refractivity contribution in [2.45, 2.75) is 31.7 Å². The summed E-state index contributed by atoms with van der Waals surface area (Å²) >= 11 is 0. The number of unbranched alkanes of at least 4 members (excludes halogenated alkanes) is 1. The number of phenols is 2. The van der Waals surface area contributed by atoms with Crippen molar-refractivity contribution in [3.63, 3.8) is 0 Å². The summed E-state index contributed by atoms with van der Waals surface area (Å²) in [4.78, 5) is 0. The molecule has 0 saturated heterocycles. The van der Waals surface area contributed by atoms with Crippen molar-refractivity contribution in [3.05, 3.63) is 23.8 Å². The van der Waals surface area contributed by atoms with E-state index >= 15 is 0 Å². The van der Waals surface area contributed by atoms with E-state index in [0.29, 0.717) is 25.1 Å². The van der Waals surface area contributed by atoms with E-state index in [9.17, 15) is 15.3 Å². The molecule has 0 heterocycles. The second kappa shape index (κ2) is 8.74. The smallest absolute Gasteiger partial charge is 0.122 e. The lowest BCUT2D eigenvalue weighted by molar-refractivity contribution is 0.233. The maximum Gasteiger partial charge on any atom is 0.122 e. The van der Waals surface area contributed by atoms with Crippen LogP contribution in [0.15, 0.2) is 18.2 Å². The minimum Gasteiger partial charge on any atom is -0.508 e. The molecule has 0 saturated carbocycles. The van der Waals surface area contributed by atoms with Crippen LogP contribution in [0.3, 0.4) is 0 Å². The van der Waals surface area contributed by atoms with Gasteiger partial charge in [0.05, 0.1) is 6.61 Å². The molecule has 1 aromatic carbocycles. The standard InChI is InChI=1S/C14H24N2O3/c15-8-2-1-4-11(10-17)16-9-7-12-13(18)5-3-6-14(12)19/h3,5-6,11,16-19H,1-2,4,7-10,15H2/t11-/m0/s1. The summed E-state index contributed by atoms with van der Waals surface area (Å²) < 4.78 is 0. The SMILES string of the molecule is NCCCC[C@@H](CO)NCCc1c(O)cccc1O. The molecule has 0 aromatic heterocycles. The highest BCUT2D eigenvalue weighted by molar-refractivity contribution is 5.43. The molecular weight excluding hydrogens is 244 g/mol. The maximum atomic E-state index is 9.64. The van der Waals surface area contributed by atoms with Crippen LogP contribution in [0.1, 0.15) is 24.8 Å². The molecule has 0 fully saturated rings. The number of hydrogen-bond acceptors (Lipinski definition) is 5. The van der Waals surface area contributed by atoms with Gasteiger partial charge in [-0.3, -0.25) is 0 Å². The molecule has 0 aliphatic heterocycles. The Morgan fingerprint density at radius 1 is 1.16 bits per heavy atom. The molecule has 6 N–H and O–H groups in total. The molecule has 0 aliphatic rings. The minimum atomic E-state index is 0.0412. The van der Waals surface area contributed by atoms with E-state index in [2.05, 4.69) is 5.32 Å². The average Bonchev–Trinajstić information content (AvgIpc) is 2.40. The lowest BCUT2D eigenvalue weighted by Gasteiger charge is -2.16. The van der Waals surface area contributed by atoms with Crippen LogP contribution in [-0.2, 0) is 6.42 Å². The fourth-order valence-corrected chi connectivity index (χ4v) is 2.01. The van der Waals surface area contributed by atoms with Crippen molar-refractivity contribution in [3.8, 4) is 11.5 Å². The quantitative estimate of drug-likeness (QED) is 0.425. The zero-order chi connectivity index (χ0) is 14.1. The van der Waals surface area contributed by atoms with Crippen LogP contribution >= 0.6 is 0 Å². The summed E-state index contributed by atoms with van der Waals surface area (Å²) in [5, 5.41) is 31.7. The largest absolute Gasteiger partial charge is 0.508 e. The Balaban J connectivity index is 2.35. The number of nitrogens with one attached hydrogen (secondary N) is 1. The van der Waals surface area contributed by atoms with Gasteiger partial charge < -0.3 is 26.4 Å². The Kier molecular flexibility index (Phi) is 7.25. The van der Waals surface area contributed by atoms with E-state index in [1.54, 1.807) is 18.2 Å². The number of aromatic hydroxyl groups is 2. The lowest BCUT2D eigenvalue weighted by atomic mass is 10.1. The monoisotopic (exact) mass is 268 g/mol. The van der Waals surface area contributed by atoms with Crippen molar-refractivity contribution in [2.75, 3.05) is 19.7 Å². The molecule has 0 aliphatic carbocycles. The van der Waals surface area contributed by atoms with Gasteiger partial charge in [0.25, 0.3) is 0 Å². The van der Waals surface area contributed by atoms with Crippen molar-refractivity contribution >= 4 is 0 Å². The number of aliphatic hydroxyl groups excluding tert-OH is 1. The molecule has 19 heavy (non-hydrogen) atoms. The summed E-state index contributed by atoms with van der Waals surface area (Å²) in [7, 11) is 0. The summed E-state index contributed by atoms with van der Waals surface area (Å²) in [5.41, 5.74) is 5.96. The number of nitrogens with two attached hydrogens (primary N) is 1. The molecule has 0 bridgehead atoms. The number of hydrogen-bond donors (Lipinski definition) is 5. The lowest BCUT2D eigenvalue weighted by Crippen LogP contribution is -2.34. The van der Waals surface area contributed by atoms with Crippen molar-refractivity contribution < 1.29 is 15.3 Å². The zero-order valence-corrected chi connectivity index (χ0v) is 11.2. The summed E-state index contributed by atoms with van der Waals surface area (Å²) in [6, 6.07) is 4.75. The number of phenolic OH excluding ortho intramolecular Hbond substituents is 2. The Morgan fingerprint density at radius 2 is 1.84 bits per heavy atom. The van der Waals surface area contributed by atoms with Gasteiger partial charge in [0.15, 0.2) is 0 Å². The maximum absolute atomic E-state index is 9.64. The van der Waals surface area contributed by atoms with Crippen LogP contribution < -0.4 is 11.1 Å². The first-order valence-electron chi connectivity index (χ1n) is 6.73. The number of benzene rings is 1. The normalized spacial score (nSPS) is 12.5. The Morgan fingerprint density at radius 3 is 2.42 bits per heavy atom. The van der Waals surface area contributed by atoms with Gasteiger partial charge in [0, 0.05) is 11.6 Å². The highest BCUT2D eigenvalue weighted by atomic mass is 16.3. The Hall–Kier alpha value is -1.30. The first kappa shape index (κ1) is 15.8. The Bertz CT molecular complexity index is 351. The third-order valence-electron chi connectivity index (χ3n) is 3.16. The van der Waals surface area contributed by atoms with Gasteiger partial charge in [-0.1, -0.05) is 12.5 Å². The van der Waals surface area contributed by atoms with Crippen LogP contribution in [0.25, 0.3) is 0 Å². The van der Waals surface area contributed by atoms with Gasteiger partial charge in [-0.2, -0.15) is 0 Å². The summed E-state index contributed by atoms with van der Waals surface area (Å²) in [6.45, 7) is 1.35. The molecular formula is C14H24N2O3. The number of aliphatic hydroxyl groups is 1. The first-order chi connectivity index (χ1) is 9.19. The van der Waals surface area contributed by atoms with Crippen molar-refractivity contribution in [1.29, 1.82) is 0 Å². The van der Waals surface area contributed by atoms with Gasteiger partial charge >= 0.3 is 0 Å². The molecule has 5 nitrogen and oxygen atoms in total. The molecule has 5 heteroatoms. The van der Waals surface area contributed by atoms with E-state index in [4.69, 9.17) is 5.73 Å². The summed E-state index contributed by atoms with van der Waals surface area (Å²) in [5.74, 6) is 0.205. The molecule has 0 unspecified atom stereocenters. The van der Waals surface area contributed by atoms with Crippen LogP contribution in [-0.4, -0.2) is 41.1 Å². The zero-order valence-electron chi connectivity index (χ0n) is 11.2. The van der Waals surface area contributed by atoms with Gasteiger partial charge in [0.1, 0.15) is 11.5 Å². The topological polar surface area (TPSA) is 98.7 Å². The van der Waals surface area contributed by atoms with Crippen molar-refractivity contribution in [2.24, 2.45) is 5.73 Å². The van der Waals surface area contributed by atoms with E-state index < -0.39 is 0 Å². The van der Waals surface area contributed by atoms with Gasteiger partial charge in [-0.05, 0) is 44.5 Å². The number of rotatable bonds is 9. The molecule has 1 atom stereocenters. The fourth-order valence-electron chi connectivity index (χ4n) is 2.01. The Labute approximate surface area is 114 Å². The molecule has 1 rings (SSSR count). The van der Waals surface area contributed by atoms with E-state index in [1.807, 2.05) is 0 Å². The highest BCUT2D eigenvalue weighted by Crippen LogP contribution is 2.26. The molecule has 1 aromatic rings. The molecule has 0 amide bonds. The minimum absolute atomic E-state index is 0.0412. The third kappa shape index (κ3) is 5.46. The first-order valence-corrected chi connectivity index (χ1v) is 6.73. The van der Waals surface area contributed by atoms with Crippen LogP contribution in [0.2, 0.25) is 0 Å². The second-order valence-electron chi connectivity index (χ2n) is 4.64. The van der Waals surface area contributed by atoms with E-state index in [1.165, 1.54) is 0 Å². The van der Waals surface area contributed by atoms with E-state index in [0.717, 1.165) is 19.3 Å². The van der Waals surface area contributed by atoms with Crippen molar-refractivity contribution in [1.82, 2.24) is 5.32 Å². The average molecular weight is 268 g/mol. The third-order valence-corrected chi connectivity index (χ3v) is 3.16. The fraction of sp³-hybridized carbons (Fsp3) is 0.571. The second-order valence-corrected chi connectivity index (χ2v) is 4.64. The van der Waals surface area contributed by atoms with Gasteiger partial charge in [-0.15, -0.1) is 0 Å². The van der Waals surface area contributed by atoms with Crippen LogP contribution in [0.4, 0.5) is 0 Å². The van der Waals surface area contributed by atoms with Crippen LogP contribution in [0, 0.1) is 0 Å². The predicted molar refractivity (Wildman–Crippen MR) is 75.3 cm³/mol.